The lowest BCUT2D eigenvalue weighted by molar-refractivity contribution is -0.397. The van der Waals surface area contributed by atoms with Crippen LogP contribution in [0, 0.1) is 0 Å². The number of nitrogens with one attached hydrogen (secondary N) is 3. The summed E-state index contributed by atoms with van der Waals surface area (Å²) in [6.45, 7) is -2.78. The molecular formula is C54H91N3O40. The predicted molar refractivity (Wildman–Crippen MR) is 298 cm³/mol. The van der Waals surface area contributed by atoms with Crippen molar-refractivity contribution in [1.82, 2.24) is 16.0 Å². The standard InChI is InChI=1S/C54H91N3O40/c1-12-26(66)34(74)38(78)50(85-12)84-11-22-44(31(71)23(47(82)86-22)55-13(2)63)93-48-24(56-14(3)64)32(72)43(20(9-62)90-48)95-53-41(81)45(30(70)21(92-53)10-83-51-39(79)35(75)27(67)16(5-58)87-51)96-54-46(37(77)29(69)18(7-60)89-54)97-49-25(57-15(4)65)33(73)42(19(8-61)91-49)94-52-40(80)36(76)28(68)17(6-59)88-52/h12,16-54,58-62,66-82H,5-11H2,1-4H3,(H,55,63)(H,56,64)(H,57,65)/t12-,16-,17-,18-,19-,20-,21-,22-,23-,24-,25-,26+,27-,28+,29-,30-,31-,32-,33-,34+,35+,36+,37+,38-,39+,40-,41+,42-,43-,44-,45+,46+,47-,48+,49+,50-,51+,52+,53+,54-/m1/s1. The van der Waals surface area contributed by atoms with Gasteiger partial charge in [-0.1, -0.05) is 0 Å². The van der Waals surface area contributed by atoms with E-state index in [2.05, 4.69) is 16.0 Å². The predicted octanol–water partition coefficient (Wildman–Crippen LogP) is -17.0. The molecule has 0 saturated carbocycles. The van der Waals surface area contributed by atoms with Gasteiger partial charge in [-0.2, -0.15) is 0 Å². The van der Waals surface area contributed by atoms with E-state index >= 15 is 0 Å². The van der Waals surface area contributed by atoms with Crippen LogP contribution < -0.4 is 16.0 Å². The zero-order chi connectivity index (χ0) is 71.5. The second-order valence-corrected chi connectivity index (χ2v) is 24.6. The van der Waals surface area contributed by atoms with Gasteiger partial charge in [0.2, 0.25) is 17.7 Å². The summed E-state index contributed by atoms with van der Waals surface area (Å²) in [5.74, 6) is -2.64. The maximum atomic E-state index is 13.0. The summed E-state index contributed by atoms with van der Waals surface area (Å²) >= 11 is 0. The molecule has 0 aromatic rings. The fourth-order valence-electron chi connectivity index (χ4n) is 12.4. The third kappa shape index (κ3) is 17.6. The molecule has 8 saturated heterocycles. The van der Waals surface area contributed by atoms with E-state index in [9.17, 15) is 127 Å². The molecule has 562 valence electrons. The topological polar surface area (TPSA) is 671 Å². The molecule has 8 fully saturated rings. The van der Waals surface area contributed by atoms with Crippen molar-refractivity contribution < 1.29 is 198 Å². The van der Waals surface area contributed by atoms with E-state index in [1.165, 1.54) is 6.92 Å². The molecule has 0 aliphatic carbocycles. The summed E-state index contributed by atoms with van der Waals surface area (Å²) in [6.07, 6.45) is -73.0. The van der Waals surface area contributed by atoms with Crippen LogP contribution in [0.5, 0.6) is 0 Å². The molecule has 3 amide bonds. The second kappa shape index (κ2) is 34.5. The Hall–Kier alpha value is -3.07. The molecule has 0 radical (unpaired) electrons. The van der Waals surface area contributed by atoms with Gasteiger partial charge in [-0.05, 0) is 6.92 Å². The first kappa shape index (κ1) is 79.6. The highest BCUT2D eigenvalue weighted by molar-refractivity contribution is 5.74. The van der Waals surface area contributed by atoms with Gasteiger partial charge in [0.15, 0.2) is 50.3 Å². The first-order valence-electron chi connectivity index (χ1n) is 31.0. The van der Waals surface area contributed by atoms with Gasteiger partial charge < -0.3 is 199 Å². The molecule has 0 spiro atoms. The van der Waals surface area contributed by atoms with E-state index in [0.717, 1.165) is 20.8 Å². The molecule has 43 nitrogen and oxygen atoms in total. The fourth-order valence-corrected chi connectivity index (χ4v) is 12.4. The third-order valence-electron chi connectivity index (χ3n) is 17.8. The monoisotopic (exact) mass is 1420 g/mol. The summed E-state index contributed by atoms with van der Waals surface area (Å²) in [5.41, 5.74) is 0. The molecule has 0 unspecified atom stereocenters. The summed E-state index contributed by atoms with van der Waals surface area (Å²) in [7, 11) is 0. The van der Waals surface area contributed by atoms with E-state index < -0.39 is 309 Å². The Balaban J connectivity index is 1.09. The second-order valence-electron chi connectivity index (χ2n) is 24.6. The molecule has 8 heterocycles. The molecule has 8 rings (SSSR count). The first-order chi connectivity index (χ1) is 45.8. The SMILES string of the molecule is CC(=O)N[C@@H]1[C@@H](O)[C@H](O[C@@H]2O[C@H](CO)[C@@H](O[C@@H]3O[C@H](CO[C@H]4O[C@H](CO)[C@@H](O)[C@H](O)[C@@H]4O)[C@@H](O)[C@H](O[C@H]4O[C@H](CO)[C@@H](O)[C@H](O)[C@@H]4O[C@@H]4O[C@H](CO)[C@@H](O[C@@H]5O[C@H](CO)[C@H](O)[C@H](O)[C@H]5O)[C@H](O)[C@H]4NC(C)=O)[C@@H]3O)[C@H](O)[C@H]2NC(C)=O)[C@@H](CO[C@@H]2O[C@H](C)[C@H](O)[C@H](O)[C@H]2O)O[C@H]1O. The normalized spacial score (nSPS) is 49.9. The number of amides is 3. The van der Waals surface area contributed by atoms with Crippen molar-refractivity contribution in [2.45, 2.75) is 273 Å². The van der Waals surface area contributed by atoms with E-state index in [4.69, 9.17) is 71.1 Å². The van der Waals surface area contributed by atoms with Gasteiger partial charge in [-0.15, -0.1) is 0 Å². The Labute approximate surface area is 549 Å². The maximum Gasteiger partial charge on any atom is 0.217 e. The van der Waals surface area contributed by atoms with Crippen molar-refractivity contribution in [2.75, 3.05) is 46.2 Å². The lowest BCUT2D eigenvalue weighted by Gasteiger charge is -2.51. The molecular weight excluding hydrogens is 1330 g/mol. The number of hydrogen-bond acceptors (Lipinski definition) is 40. The Kier molecular flexibility index (Phi) is 28.3. The van der Waals surface area contributed by atoms with Crippen LogP contribution in [0.3, 0.4) is 0 Å². The molecule has 8 aliphatic heterocycles. The van der Waals surface area contributed by atoms with Gasteiger partial charge in [0, 0.05) is 20.8 Å². The summed E-state index contributed by atoms with van der Waals surface area (Å²) < 4.78 is 87.7. The summed E-state index contributed by atoms with van der Waals surface area (Å²) in [4.78, 5) is 38.1. The van der Waals surface area contributed by atoms with Crippen molar-refractivity contribution in [3.8, 4) is 0 Å². The van der Waals surface area contributed by atoms with Crippen LogP contribution in [-0.2, 0) is 85.4 Å². The minimum atomic E-state index is -2.47. The van der Waals surface area contributed by atoms with Crippen molar-refractivity contribution in [3.63, 3.8) is 0 Å². The minimum absolute atomic E-state index is 0.795. The highest BCUT2D eigenvalue weighted by Crippen LogP contribution is 2.39. The molecule has 43 heteroatoms. The molecule has 0 aromatic carbocycles. The van der Waals surface area contributed by atoms with Crippen molar-refractivity contribution in [1.29, 1.82) is 0 Å². The molecule has 0 bridgehead atoms. The van der Waals surface area contributed by atoms with Crippen LogP contribution in [0.4, 0.5) is 0 Å². The lowest BCUT2D eigenvalue weighted by atomic mass is 9.93. The van der Waals surface area contributed by atoms with Gasteiger partial charge in [-0.25, -0.2) is 0 Å². The van der Waals surface area contributed by atoms with E-state index in [1.54, 1.807) is 0 Å². The van der Waals surface area contributed by atoms with Crippen molar-refractivity contribution in [3.05, 3.63) is 0 Å². The number of carbonyl (C=O) groups excluding carboxylic acids is 3. The van der Waals surface area contributed by atoms with E-state index in [1.807, 2.05) is 0 Å². The van der Waals surface area contributed by atoms with Gasteiger partial charge in [0.05, 0.1) is 52.4 Å². The average Bonchev–Trinajstić information content (AvgIpc) is 0.799. The third-order valence-corrected chi connectivity index (χ3v) is 17.8. The number of hydrogen-bond donors (Lipinski definition) is 25. The maximum absolute atomic E-state index is 13.0. The van der Waals surface area contributed by atoms with Crippen LogP contribution in [0.2, 0.25) is 0 Å². The highest BCUT2D eigenvalue weighted by atomic mass is 16.8. The van der Waals surface area contributed by atoms with E-state index in [-0.39, 0.29) is 0 Å². The lowest BCUT2D eigenvalue weighted by Crippen LogP contribution is -2.71. The molecule has 40 atom stereocenters. The van der Waals surface area contributed by atoms with Crippen LogP contribution in [0.25, 0.3) is 0 Å². The van der Waals surface area contributed by atoms with Crippen LogP contribution in [0.15, 0.2) is 0 Å². The summed E-state index contributed by atoms with van der Waals surface area (Å²) in [6, 6.07) is -5.49. The van der Waals surface area contributed by atoms with Crippen LogP contribution in [0.1, 0.15) is 27.7 Å². The number of carbonyl (C=O) groups is 3. The quantitative estimate of drug-likeness (QED) is 0.0427. The summed E-state index contributed by atoms with van der Waals surface area (Å²) in [5, 5.41) is 248. The smallest absolute Gasteiger partial charge is 0.217 e. The Bertz CT molecular complexity index is 2490. The van der Waals surface area contributed by atoms with Gasteiger partial charge in [-0.3, -0.25) is 14.4 Å². The largest absolute Gasteiger partial charge is 0.394 e. The Morgan fingerprint density at radius 1 is 0.289 bits per heavy atom. The van der Waals surface area contributed by atoms with Gasteiger partial charge >= 0.3 is 0 Å². The molecule has 25 N–H and O–H groups in total. The average molecular weight is 1420 g/mol. The first-order valence-corrected chi connectivity index (χ1v) is 31.0. The number of aliphatic hydroxyl groups excluding tert-OH is 22. The molecule has 0 aromatic heterocycles. The van der Waals surface area contributed by atoms with Crippen LogP contribution >= 0.6 is 0 Å². The Morgan fingerprint density at radius 2 is 0.619 bits per heavy atom. The Morgan fingerprint density at radius 3 is 1.09 bits per heavy atom. The van der Waals surface area contributed by atoms with Crippen molar-refractivity contribution >= 4 is 17.7 Å². The highest BCUT2D eigenvalue weighted by Gasteiger charge is 2.60. The molecule has 8 aliphatic rings. The number of ether oxygens (including phenoxy) is 15. The zero-order valence-electron chi connectivity index (χ0n) is 52.2. The fraction of sp³-hybridized carbons (Fsp3) is 0.944. The number of aliphatic hydroxyl groups is 22. The molecule has 97 heavy (non-hydrogen) atoms. The van der Waals surface area contributed by atoms with Gasteiger partial charge in [0.1, 0.15) is 189 Å². The minimum Gasteiger partial charge on any atom is -0.394 e. The van der Waals surface area contributed by atoms with E-state index in [0.29, 0.717) is 0 Å². The number of rotatable bonds is 24. The van der Waals surface area contributed by atoms with Gasteiger partial charge in [0.25, 0.3) is 0 Å². The van der Waals surface area contributed by atoms with Crippen molar-refractivity contribution in [2.24, 2.45) is 0 Å². The zero-order valence-corrected chi connectivity index (χ0v) is 52.2. The van der Waals surface area contributed by atoms with Crippen LogP contribution in [-0.4, -0.2) is 422 Å².